The van der Waals surface area contributed by atoms with Gasteiger partial charge in [-0.05, 0) is 26.3 Å². The number of hydrogen-bond donors (Lipinski definition) is 1. The lowest BCUT2D eigenvalue weighted by Gasteiger charge is -2.38. The summed E-state index contributed by atoms with van der Waals surface area (Å²) in [7, 11) is 0. The molecule has 0 unspecified atom stereocenters. The average Bonchev–Trinajstić information content (AvgIpc) is 2.61. The Labute approximate surface area is 152 Å². The molecule has 0 amide bonds. The van der Waals surface area contributed by atoms with Crippen LogP contribution in [0.4, 0.5) is 8.78 Å². The molecule has 1 aliphatic heterocycles. The van der Waals surface area contributed by atoms with Crippen LogP contribution in [0, 0.1) is 11.6 Å². The summed E-state index contributed by atoms with van der Waals surface area (Å²) < 4.78 is 28.9. The van der Waals surface area contributed by atoms with Crippen LogP contribution in [-0.4, -0.2) is 40.1 Å². The Balaban J connectivity index is 2.16. The largest absolute Gasteiger partial charge is 0.312 e. The van der Waals surface area contributed by atoms with E-state index in [0.717, 1.165) is 44.6 Å². The van der Waals surface area contributed by atoms with E-state index >= 15 is 0 Å². The molecule has 1 aromatic carbocycles. The number of aromatic nitrogens is 2. The van der Waals surface area contributed by atoms with Gasteiger partial charge < -0.3 is 5.32 Å². The Morgan fingerprint density at radius 3 is 2.69 bits per heavy atom. The van der Waals surface area contributed by atoms with Gasteiger partial charge in [-0.15, -0.1) is 0 Å². The second-order valence-corrected chi connectivity index (χ2v) is 6.96. The normalized spacial score (nSPS) is 19.8. The van der Waals surface area contributed by atoms with E-state index in [9.17, 15) is 13.6 Å². The van der Waals surface area contributed by atoms with Gasteiger partial charge in [-0.2, -0.15) is 0 Å². The summed E-state index contributed by atoms with van der Waals surface area (Å²) in [5.74, 6) is -1.35. The van der Waals surface area contributed by atoms with Crippen molar-refractivity contribution >= 4 is 10.9 Å². The Kier molecular flexibility index (Phi) is 5.67. The number of fused-ring (bicyclic) bond motifs is 1. The fraction of sp³-hybridized carbons (Fsp3) is 0.579. The highest BCUT2D eigenvalue weighted by Gasteiger charge is 2.28. The monoisotopic (exact) mass is 364 g/mol. The Hall–Kier alpha value is -1.86. The maximum absolute atomic E-state index is 13.7. The van der Waals surface area contributed by atoms with E-state index in [-0.39, 0.29) is 22.5 Å². The highest BCUT2D eigenvalue weighted by atomic mass is 19.2. The van der Waals surface area contributed by atoms with Gasteiger partial charge in [0.1, 0.15) is 5.82 Å². The Morgan fingerprint density at radius 1 is 1.31 bits per heavy atom. The number of piperazine rings is 1. The van der Waals surface area contributed by atoms with E-state index in [1.165, 1.54) is 0 Å². The van der Waals surface area contributed by atoms with Gasteiger partial charge in [0.25, 0.3) is 5.56 Å². The zero-order chi connectivity index (χ0) is 18.8. The second kappa shape index (κ2) is 7.80. The molecule has 0 aliphatic carbocycles. The summed E-state index contributed by atoms with van der Waals surface area (Å²) in [6.45, 7) is 9.16. The van der Waals surface area contributed by atoms with Crippen molar-refractivity contribution in [1.29, 1.82) is 0 Å². The molecule has 3 rings (SSSR count). The first-order valence-corrected chi connectivity index (χ1v) is 9.33. The lowest BCUT2D eigenvalue weighted by atomic mass is 10.1. The van der Waals surface area contributed by atoms with Crippen molar-refractivity contribution in [2.24, 2.45) is 0 Å². The third-order valence-electron chi connectivity index (χ3n) is 5.04. The summed E-state index contributed by atoms with van der Waals surface area (Å²) in [6.07, 6.45) is 1.80. The molecule has 2 atom stereocenters. The first kappa shape index (κ1) is 18.9. The van der Waals surface area contributed by atoms with Gasteiger partial charge in [0.2, 0.25) is 0 Å². The maximum Gasteiger partial charge on any atom is 0.261 e. The van der Waals surface area contributed by atoms with E-state index in [0.29, 0.717) is 18.4 Å². The van der Waals surface area contributed by atoms with Crippen LogP contribution < -0.4 is 10.9 Å². The minimum absolute atomic E-state index is 0.0188. The summed E-state index contributed by atoms with van der Waals surface area (Å²) in [4.78, 5) is 19.9. The minimum atomic E-state index is -1.02. The van der Waals surface area contributed by atoms with Crippen molar-refractivity contribution in [2.75, 3.05) is 19.6 Å². The molecule has 26 heavy (non-hydrogen) atoms. The van der Waals surface area contributed by atoms with Crippen LogP contribution in [0.5, 0.6) is 0 Å². The Bertz CT molecular complexity index is 852. The van der Waals surface area contributed by atoms with Crippen LogP contribution >= 0.6 is 0 Å². The average molecular weight is 364 g/mol. The molecular weight excluding hydrogens is 338 g/mol. The SMILES string of the molecule is CCC[C@H](c1nc2cc(F)c(F)cc2c(=O)n1CC)N1CCN[C@@H](C)C1. The molecule has 1 aliphatic rings. The number of nitrogens with zero attached hydrogens (tertiary/aromatic N) is 3. The predicted octanol–water partition coefficient (Wildman–Crippen LogP) is 2.83. The van der Waals surface area contributed by atoms with Crippen molar-refractivity contribution in [3.8, 4) is 0 Å². The summed E-state index contributed by atoms with van der Waals surface area (Å²) in [5, 5.41) is 3.55. The second-order valence-electron chi connectivity index (χ2n) is 6.96. The van der Waals surface area contributed by atoms with Gasteiger partial charge in [-0.25, -0.2) is 13.8 Å². The molecular formula is C19H26F2N4O. The zero-order valence-electron chi connectivity index (χ0n) is 15.6. The van der Waals surface area contributed by atoms with E-state index in [1.807, 2.05) is 6.92 Å². The van der Waals surface area contributed by atoms with Gasteiger partial charge in [0, 0.05) is 38.3 Å². The quantitative estimate of drug-likeness (QED) is 0.886. The number of rotatable bonds is 5. The molecule has 2 aromatic rings. The van der Waals surface area contributed by atoms with Crippen LogP contribution in [0.15, 0.2) is 16.9 Å². The summed E-state index contributed by atoms with van der Waals surface area (Å²) in [6, 6.07) is 2.32. The molecule has 0 spiro atoms. The lowest BCUT2D eigenvalue weighted by molar-refractivity contribution is 0.132. The number of hydrogen-bond acceptors (Lipinski definition) is 4. The molecule has 0 saturated carbocycles. The van der Waals surface area contributed by atoms with Crippen molar-refractivity contribution in [3.63, 3.8) is 0 Å². The Morgan fingerprint density at radius 2 is 2.04 bits per heavy atom. The number of halogens is 2. The van der Waals surface area contributed by atoms with Crippen molar-refractivity contribution in [3.05, 3.63) is 39.9 Å². The third-order valence-corrected chi connectivity index (χ3v) is 5.04. The fourth-order valence-electron chi connectivity index (χ4n) is 3.79. The lowest BCUT2D eigenvalue weighted by Crippen LogP contribution is -2.51. The van der Waals surface area contributed by atoms with E-state index in [1.54, 1.807) is 4.57 Å². The van der Waals surface area contributed by atoms with E-state index in [4.69, 9.17) is 0 Å². The van der Waals surface area contributed by atoms with Gasteiger partial charge >= 0.3 is 0 Å². The van der Waals surface area contributed by atoms with Crippen LogP contribution in [-0.2, 0) is 6.54 Å². The standard InChI is InChI=1S/C19H26F2N4O/c1-4-6-17(24-8-7-22-12(3)11-24)18-23-16-10-15(21)14(20)9-13(16)19(26)25(18)5-2/h9-10,12,17,22H,4-8,11H2,1-3H3/t12-,17+/m0/s1. The highest BCUT2D eigenvalue weighted by molar-refractivity contribution is 5.77. The molecule has 2 heterocycles. The van der Waals surface area contributed by atoms with E-state index < -0.39 is 11.6 Å². The van der Waals surface area contributed by atoms with Crippen molar-refractivity contribution < 1.29 is 8.78 Å². The molecule has 1 saturated heterocycles. The molecule has 1 N–H and O–H groups in total. The molecule has 7 heteroatoms. The van der Waals surface area contributed by atoms with Crippen LogP contribution in [0.2, 0.25) is 0 Å². The topological polar surface area (TPSA) is 50.2 Å². The number of nitrogens with one attached hydrogen (secondary N) is 1. The molecule has 0 bridgehead atoms. The number of benzene rings is 1. The van der Waals surface area contributed by atoms with Crippen LogP contribution in [0.25, 0.3) is 10.9 Å². The predicted molar refractivity (Wildman–Crippen MR) is 98.3 cm³/mol. The van der Waals surface area contributed by atoms with Crippen LogP contribution in [0.3, 0.4) is 0 Å². The molecule has 1 fully saturated rings. The third kappa shape index (κ3) is 3.50. The summed E-state index contributed by atoms with van der Waals surface area (Å²) >= 11 is 0. The summed E-state index contributed by atoms with van der Waals surface area (Å²) in [5.41, 5.74) is -0.0893. The molecule has 142 valence electrons. The minimum Gasteiger partial charge on any atom is -0.312 e. The first-order valence-electron chi connectivity index (χ1n) is 9.33. The fourth-order valence-corrected chi connectivity index (χ4v) is 3.79. The molecule has 5 nitrogen and oxygen atoms in total. The van der Waals surface area contributed by atoms with Crippen LogP contribution in [0.1, 0.15) is 45.5 Å². The van der Waals surface area contributed by atoms with Crippen molar-refractivity contribution in [1.82, 2.24) is 19.8 Å². The van der Waals surface area contributed by atoms with E-state index in [2.05, 4.69) is 29.0 Å². The molecule has 0 radical (unpaired) electrons. The van der Waals surface area contributed by atoms with Gasteiger partial charge in [-0.1, -0.05) is 13.3 Å². The van der Waals surface area contributed by atoms with Gasteiger partial charge in [0.15, 0.2) is 11.6 Å². The maximum atomic E-state index is 13.7. The zero-order valence-corrected chi connectivity index (χ0v) is 15.6. The first-order chi connectivity index (χ1) is 12.5. The molecule has 1 aromatic heterocycles. The van der Waals surface area contributed by atoms with Gasteiger partial charge in [-0.3, -0.25) is 14.3 Å². The van der Waals surface area contributed by atoms with Gasteiger partial charge in [0.05, 0.1) is 16.9 Å². The highest BCUT2D eigenvalue weighted by Crippen LogP contribution is 2.26. The van der Waals surface area contributed by atoms with Crippen molar-refractivity contribution in [2.45, 2.75) is 52.2 Å². The smallest absolute Gasteiger partial charge is 0.261 e.